The molecule has 1 N–H and O–H groups in total. The molecule has 0 saturated heterocycles. The van der Waals surface area contributed by atoms with E-state index in [1.807, 2.05) is 12.1 Å². The van der Waals surface area contributed by atoms with Crippen LogP contribution in [0.5, 0.6) is 5.88 Å². The van der Waals surface area contributed by atoms with Gasteiger partial charge in [-0.25, -0.2) is 4.98 Å². The summed E-state index contributed by atoms with van der Waals surface area (Å²) in [5.74, 6) is 1.35. The largest absolute Gasteiger partial charge is 0.481 e. The molecule has 4 heteroatoms. The van der Waals surface area contributed by atoms with E-state index in [-0.39, 0.29) is 5.92 Å². The summed E-state index contributed by atoms with van der Waals surface area (Å²) < 4.78 is 5.14. The van der Waals surface area contributed by atoms with E-state index in [2.05, 4.69) is 63.8 Å². The molecule has 4 nitrogen and oxygen atoms in total. The molecule has 1 heterocycles. The minimum Gasteiger partial charge on any atom is -0.481 e. The quantitative estimate of drug-likeness (QED) is 0.754. The Labute approximate surface area is 136 Å². The van der Waals surface area contributed by atoms with Gasteiger partial charge in [0.1, 0.15) is 0 Å². The SMILES string of the molecule is COc1ccnc(NCC(c2ccccc2)c2ccccc2)n1. The monoisotopic (exact) mass is 305 g/mol. The van der Waals surface area contributed by atoms with Crippen molar-refractivity contribution in [1.82, 2.24) is 9.97 Å². The standard InChI is InChI=1S/C19H19N3O/c1-23-18-12-13-20-19(22-18)21-14-17(15-8-4-2-5-9-15)16-10-6-3-7-11-16/h2-13,17H,14H2,1H3,(H,20,21,22). The van der Waals surface area contributed by atoms with Gasteiger partial charge in [0.25, 0.3) is 0 Å². The van der Waals surface area contributed by atoms with Crippen LogP contribution in [-0.4, -0.2) is 23.6 Å². The van der Waals surface area contributed by atoms with Crippen LogP contribution in [-0.2, 0) is 0 Å². The van der Waals surface area contributed by atoms with Crippen LogP contribution < -0.4 is 10.1 Å². The molecule has 1 aromatic heterocycles. The smallest absolute Gasteiger partial charge is 0.225 e. The van der Waals surface area contributed by atoms with Crippen molar-refractivity contribution in [3.63, 3.8) is 0 Å². The lowest BCUT2D eigenvalue weighted by Crippen LogP contribution is -2.15. The molecule has 0 amide bonds. The number of ether oxygens (including phenoxy) is 1. The van der Waals surface area contributed by atoms with Crippen LogP contribution in [0.15, 0.2) is 72.9 Å². The number of rotatable bonds is 6. The number of aromatic nitrogens is 2. The zero-order chi connectivity index (χ0) is 15.9. The second-order valence-electron chi connectivity index (χ2n) is 5.18. The fourth-order valence-corrected chi connectivity index (χ4v) is 2.53. The first-order valence-corrected chi connectivity index (χ1v) is 7.57. The number of anilines is 1. The molecule has 116 valence electrons. The summed E-state index contributed by atoms with van der Waals surface area (Å²) in [5, 5.41) is 3.31. The molecule has 3 aromatic rings. The Balaban J connectivity index is 1.82. The summed E-state index contributed by atoms with van der Waals surface area (Å²) in [6.07, 6.45) is 1.69. The average molecular weight is 305 g/mol. The van der Waals surface area contributed by atoms with Crippen LogP contribution in [0.4, 0.5) is 5.95 Å². The molecule has 0 bridgehead atoms. The number of hydrogen-bond donors (Lipinski definition) is 1. The van der Waals surface area contributed by atoms with Crippen molar-refractivity contribution in [3.8, 4) is 5.88 Å². The summed E-state index contributed by atoms with van der Waals surface area (Å²) in [6, 6.07) is 22.6. The van der Waals surface area contributed by atoms with Crippen molar-refractivity contribution in [2.24, 2.45) is 0 Å². The lowest BCUT2D eigenvalue weighted by atomic mass is 9.91. The third-order valence-corrected chi connectivity index (χ3v) is 3.71. The first-order chi connectivity index (χ1) is 11.4. The zero-order valence-electron chi connectivity index (χ0n) is 13.0. The lowest BCUT2D eigenvalue weighted by Gasteiger charge is -2.19. The van der Waals surface area contributed by atoms with Gasteiger partial charge in [-0.05, 0) is 11.1 Å². The molecule has 0 saturated carbocycles. The van der Waals surface area contributed by atoms with E-state index in [4.69, 9.17) is 4.74 Å². The summed E-state index contributed by atoms with van der Waals surface area (Å²) in [4.78, 5) is 8.55. The fraction of sp³-hybridized carbons (Fsp3) is 0.158. The summed E-state index contributed by atoms with van der Waals surface area (Å²) in [6.45, 7) is 0.710. The van der Waals surface area contributed by atoms with Crippen LogP contribution >= 0.6 is 0 Å². The maximum absolute atomic E-state index is 5.14. The van der Waals surface area contributed by atoms with E-state index < -0.39 is 0 Å². The van der Waals surface area contributed by atoms with E-state index >= 15 is 0 Å². The van der Waals surface area contributed by atoms with Gasteiger partial charge in [-0.1, -0.05) is 60.7 Å². The summed E-state index contributed by atoms with van der Waals surface area (Å²) in [7, 11) is 1.60. The number of nitrogens with zero attached hydrogens (tertiary/aromatic N) is 2. The van der Waals surface area contributed by atoms with E-state index in [9.17, 15) is 0 Å². The second-order valence-corrected chi connectivity index (χ2v) is 5.18. The molecular formula is C19H19N3O. The maximum atomic E-state index is 5.14. The van der Waals surface area contributed by atoms with Crippen molar-refractivity contribution in [1.29, 1.82) is 0 Å². The molecule has 3 rings (SSSR count). The third kappa shape index (κ3) is 3.86. The average Bonchev–Trinajstić information content (AvgIpc) is 2.64. The lowest BCUT2D eigenvalue weighted by molar-refractivity contribution is 0.397. The Hall–Kier alpha value is -2.88. The topological polar surface area (TPSA) is 47.0 Å². The van der Waals surface area contributed by atoms with Gasteiger partial charge in [0.05, 0.1) is 7.11 Å². The Morgan fingerprint density at radius 2 is 1.52 bits per heavy atom. The minimum atomic E-state index is 0.229. The fourth-order valence-electron chi connectivity index (χ4n) is 2.53. The van der Waals surface area contributed by atoms with Gasteiger partial charge in [0.2, 0.25) is 11.8 Å². The van der Waals surface area contributed by atoms with Gasteiger partial charge in [-0.2, -0.15) is 4.98 Å². The molecule has 2 aromatic carbocycles. The second kappa shape index (κ2) is 7.40. The highest BCUT2D eigenvalue weighted by Crippen LogP contribution is 2.24. The van der Waals surface area contributed by atoms with E-state index in [1.165, 1.54) is 11.1 Å². The number of methoxy groups -OCH3 is 1. The molecule has 23 heavy (non-hydrogen) atoms. The zero-order valence-corrected chi connectivity index (χ0v) is 13.0. The highest BCUT2D eigenvalue weighted by molar-refractivity contribution is 5.36. The summed E-state index contributed by atoms with van der Waals surface area (Å²) in [5.41, 5.74) is 2.52. The molecule has 0 atom stereocenters. The van der Waals surface area contributed by atoms with Crippen LogP contribution in [0.25, 0.3) is 0 Å². The molecule has 0 unspecified atom stereocenters. The third-order valence-electron chi connectivity index (χ3n) is 3.71. The van der Waals surface area contributed by atoms with Gasteiger partial charge < -0.3 is 10.1 Å². The highest BCUT2D eigenvalue weighted by atomic mass is 16.5. The molecule has 0 spiro atoms. The van der Waals surface area contributed by atoms with Crippen LogP contribution in [0, 0.1) is 0 Å². The maximum Gasteiger partial charge on any atom is 0.225 e. The van der Waals surface area contributed by atoms with Gasteiger partial charge in [-0.3, -0.25) is 0 Å². The normalized spacial score (nSPS) is 10.5. The summed E-state index contributed by atoms with van der Waals surface area (Å²) >= 11 is 0. The van der Waals surface area contributed by atoms with Crippen molar-refractivity contribution in [3.05, 3.63) is 84.1 Å². The molecule has 0 fully saturated rings. The van der Waals surface area contributed by atoms with E-state index in [0.29, 0.717) is 18.4 Å². The first kappa shape index (κ1) is 15.0. The highest BCUT2D eigenvalue weighted by Gasteiger charge is 2.14. The van der Waals surface area contributed by atoms with Crippen LogP contribution in [0.2, 0.25) is 0 Å². The van der Waals surface area contributed by atoms with Crippen molar-refractivity contribution >= 4 is 5.95 Å². The van der Waals surface area contributed by atoms with E-state index in [1.54, 1.807) is 19.4 Å². The van der Waals surface area contributed by atoms with Crippen molar-refractivity contribution in [2.75, 3.05) is 19.0 Å². The van der Waals surface area contributed by atoms with Crippen molar-refractivity contribution in [2.45, 2.75) is 5.92 Å². The molecule has 0 aliphatic carbocycles. The van der Waals surface area contributed by atoms with Crippen molar-refractivity contribution < 1.29 is 4.74 Å². The molecule has 0 aliphatic heterocycles. The minimum absolute atomic E-state index is 0.229. The Kier molecular flexibility index (Phi) is 4.84. The molecular weight excluding hydrogens is 286 g/mol. The number of benzene rings is 2. The van der Waals surface area contributed by atoms with Crippen LogP contribution in [0.3, 0.4) is 0 Å². The van der Waals surface area contributed by atoms with E-state index in [0.717, 1.165) is 0 Å². The van der Waals surface area contributed by atoms with Gasteiger partial charge >= 0.3 is 0 Å². The molecule has 0 radical (unpaired) electrons. The number of nitrogens with one attached hydrogen (secondary N) is 1. The van der Waals surface area contributed by atoms with Crippen LogP contribution in [0.1, 0.15) is 17.0 Å². The van der Waals surface area contributed by atoms with Gasteiger partial charge in [0.15, 0.2) is 0 Å². The van der Waals surface area contributed by atoms with Gasteiger partial charge in [0, 0.05) is 24.7 Å². The predicted molar refractivity (Wildman–Crippen MR) is 91.8 cm³/mol. The Morgan fingerprint density at radius 3 is 2.09 bits per heavy atom. The Morgan fingerprint density at radius 1 is 0.913 bits per heavy atom. The first-order valence-electron chi connectivity index (χ1n) is 7.57. The predicted octanol–water partition coefficient (Wildman–Crippen LogP) is 3.73. The molecule has 0 aliphatic rings. The Bertz CT molecular complexity index is 692. The number of hydrogen-bond acceptors (Lipinski definition) is 4. The van der Waals surface area contributed by atoms with Gasteiger partial charge in [-0.15, -0.1) is 0 Å².